The molecule has 0 aliphatic heterocycles. The van der Waals surface area contributed by atoms with Gasteiger partial charge in [-0.2, -0.15) is 8.42 Å². The highest BCUT2D eigenvalue weighted by molar-refractivity contribution is 7.92. The van der Waals surface area contributed by atoms with Gasteiger partial charge < -0.3 is 5.11 Å². The van der Waals surface area contributed by atoms with Crippen molar-refractivity contribution in [2.75, 3.05) is 4.72 Å². The molecule has 0 saturated heterocycles. The van der Waals surface area contributed by atoms with Gasteiger partial charge >= 0.3 is 0 Å². The van der Waals surface area contributed by atoms with Crippen LogP contribution in [0.5, 0.6) is 5.75 Å². The van der Waals surface area contributed by atoms with Gasteiger partial charge in [-0.1, -0.05) is 0 Å². The number of pyridine rings is 1. The summed E-state index contributed by atoms with van der Waals surface area (Å²) in [6.07, 6.45) is 1.10. The van der Waals surface area contributed by atoms with Crippen LogP contribution in [0, 0.1) is 11.6 Å². The molecule has 1 heterocycles. The number of benzene rings is 1. The van der Waals surface area contributed by atoms with Crippen LogP contribution in [-0.2, 0) is 10.0 Å². The van der Waals surface area contributed by atoms with Crippen LogP contribution in [0.3, 0.4) is 0 Å². The van der Waals surface area contributed by atoms with E-state index in [0.29, 0.717) is 0 Å². The second-order valence-corrected chi connectivity index (χ2v) is 5.16. The minimum absolute atomic E-state index is 0.398. The van der Waals surface area contributed by atoms with Crippen molar-refractivity contribution in [3.8, 4) is 5.75 Å². The average Bonchev–Trinajstić information content (AvgIpc) is 2.34. The predicted octanol–water partition coefficient (Wildman–Crippen LogP) is 1.87. The van der Waals surface area contributed by atoms with E-state index in [1.54, 1.807) is 0 Å². The molecule has 0 saturated carbocycles. The molecular weight excluding hydrogens is 278 g/mol. The summed E-state index contributed by atoms with van der Waals surface area (Å²) in [5.74, 6) is -2.29. The number of hydrogen-bond donors (Lipinski definition) is 2. The number of sulfonamides is 1. The fourth-order valence-electron chi connectivity index (χ4n) is 1.35. The Morgan fingerprint density at radius 2 is 1.95 bits per heavy atom. The number of rotatable bonds is 3. The SMILES string of the molecule is O=S(=O)(Nc1cc(F)ccc1O)c1ncccc1F. The third kappa shape index (κ3) is 2.79. The van der Waals surface area contributed by atoms with Gasteiger partial charge in [0.15, 0.2) is 5.82 Å². The molecule has 1 aromatic heterocycles. The third-order valence-electron chi connectivity index (χ3n) is 2.18. The van der Waals surface area contributed by atoms with Crippen molar-refractivity contribution in [2.24, 2.45) is 0 Å². The summed E-state index contributed by atoms with van der Waals surface area (Å²) >= 11 is 0. The highest BCUT2D eigenvalue weighted by Gasteiger charge is 2.21. The fraction of sp³-hybridized carbons (Fsp3) is 0. The highest BCUT2D eigenvalue weighted by Crippen LogP contribution is 2.26. The number of aromatic nitrogens is 1. The first-order valence-corrected chi connectivity index (χ1v) is 6.50. The van der Waals surface area contributed by atoms with Crippen molar-refractivity contribution in [1.82, 2.24) is 4.98 Å². The second-order valence-electron chi connectivity index (χ2n) is 3.56. The van der Waals surface area contributed by atoms with Gasteiger partial charge in [-0.25, -0.2) is 13.8 Å². The van der Waals surface area contributed by atoms with E-state index >= 15 is 0 Å². The molecule has 8 heteroatoms. The maximum atomic E-state index is 13.3. The Morgan fingerprint density at radius 1 is 1.21 bits per heavy atom. The molecule has 19 heavy (non-hydrogen) atoms. The summed E-state index contributed by atoms with van der Waals surface area (Å²) < 4.78 is 51.9. The molecule has 0 aliphatic rings. The molecular formula is C11H8F2N2O3S. The number of nitrogens with one attached hydrogen (secondary N) is 1. The number of phenols is 1. The van der Waals surface area contributed by atoms with Gasteiger partial charge in [-0.3, -0.25) is 4.72 Å². The lowest BCUT2D eigenvalue weighted by molar-refractivity contribution is 0.475. The summed E-state index contributed by atoms with van der Waals surface area (Å²) in [5.41, 5.74) is -0.398. The zero-order chi connectivity index (χ0) is 14.0. The fourth-order valence-corrected chi connectivity index (χ4v) is 2.43. The van der Waals surface area contributed by atoms with Crippen molar-refractivity contribution < 1.29 is 22.3 Å². The number of nitrogens with zero attached hydrogens (tertiary/aromatic N) is 1. The monoisotopic (exact) mass is 286 g/mol. The van der Waals surface area contributed by atoms with Gasteiger partial charge in [0.25, 0.3) is 10.0 Å². The lowest BCUT2D eigenvalue weighted by Gasteiger charge is -2.09. The van der Waals surface area contributed by atoms with Gasteiger partial charge in [0.05, 0.1) is 5.69 Å². The van der Waals surface area contributed by atoms with Crippen molar-refractivity contribution >= 4 is 15.7 Å². The Bertz CT molecular complexity index is 720. The molecule has 0 radical (unpaired) electrons. The molecule has 0 fully saturated rings. The summed E-state index contributed by atoms with van der Waals surface area (Å²) in [7, 11) is -4.35. The zero-order valence-corrected chi connectivity index (χ0v) is 10.2. The van der Waals surface area contributed by atoms with Crippen molar-refractivity contribution in [3.05, 3.63) is 48.2 Å². The number of phenolic OH excluding ortho intramolecular Hbond substituents is 1. The lowest BCUT2D eigenvalue weighted by Crippen LogP contribution is -2.16. The lowest BCUT2D eigenvalue weighted by atomic mass is 10.3. The molecule has 0 amide bonds. The molecule has 0 unspecified atom stereocenters. The maximum Gasteiger partial charge on any atom is 0.282 e. The quantitative estimate of drug-likeness (QED) is 0.844. The molecule has 2 N–H and O–H groups in total. The number of hydrogen-bond acceptors (Lipinski definition) is 4. The van der Waals surface area contributed by atoms with Gasteiger partial charge in [0.1, 0.15) is 11.6 Å². The Balaban J connectivity index is 2.43. The van der Waals surface area contributed by atoms with E-state index in [4.69, 9.17) is 0 Å². The van der Waals surface area contributed by atoms with E-state index in [1.165, 1.54) is 6.07 Å². The molecule has 5 nitrogen and oxygen atoms in total. The normalized spacial score (nSPS) is 11.3. The Morgan fingerprint density at radius 3 is 2.63 bits per heavy atom. The second kappa shape index (κ2) is 4.81. The summed E-state index contributed by atoms with van der Waals surface area (Å²) in [5, 5.41) is 8.57. The van der Waals surface area contributed by atoms with E-state index in [1.807, 2.05) is 4.72 Å². The molecule has 2 rings (SSSR count). The predicted molar refractivity (Wildman–Crippen MR) is 63.1 cm³/mol. The van der Waals surface area contributed by atoms with E-state index in [0.717, 1.165) is 30.5 Å². The molecule has 0 spiro atoms. The van der Waals surface area contributed by atoms with Crippen LogP contribution in [-0.4, -0.2) is 18.5 Å². The summed E-state index contributed by atoms with van der Waals surface area (Å²) in [6, 6.07) is 4.85. The van der Waals surface area contributed by atoms with E-state index in [2.05, 4.69) is 4.98 Å². The van der Waals surface area contributed by atoms with E-state index in [-0.39, 0.29) is 0 Å². The van der Waals surface area contributed by atoms with Gasteiger partial charge in [-0.15, -0.1) is 0 Å². The smallest absolute Gasteiger partial charge is 0.282 e. The molecule has 2 aromatic rings. The van der Waals surface area contributed by atoms with Crippen molar-refractivity contribution in [1.29, 1.82) is 0 Å². The Kier molecular flexibility index (Phi) is 3.34. The zero-order valence-electron chi connectivity index (χ0n) is 9.34. The number of halogens is 2. The minimum atomic E-state index is -4.35. The van der Waals surface area contributed by atoms with Gasteiger partial charge in [0.2, 0.25) is 5.03 Å². The van der Waals surface area contributed by atoms with Crippen LogP contribution >= 0.6 is 0 Å². The summed E-state index contributed by atoms with van der Waals surface area (Å²) in [6.45, 7) is 0. The van der Waals surface area contributed by atoms with Gasteiger partial charge in [0, 0.05) is 12.3 Å². The van der Waals surface area contributed by atoms with Crippen molar-refractivity contribution in [3.63, 3.8) is 0 Å². The molecule has 100 valence electrons. The Hall–Kier alpha value is -2.22. The first kappa shape index (κ1) is 13.2. The van der Waals surface area contributed by atoms with Gasteiger partial charge in [-0.05, 0) is 24.3 Å². The first-order chi connectivity index (χ1) is 8.90. The van der Waals surface area contributed by atoms with Crippen LogP contribution in [0.1, 0.15) is 0 Å². The minimum Gasteiger partial charge on any atom is -0.506 e. The summed E-state index contributed by atoms with van der Waals surface area (Å²) in [4.78, 5) is 3.40. The first-order valence-electron chi connectivity index (χ1n) is 5.02. The van der Waals surface area contributed by atoms with E-state index < -0.39 is 38.1 Å². The van der Waals surface area contributed by atoms with E-state index in [9.17, 15) is 22.3 Å². The maximum absolute atomic E-state index is 13.3. The van der Waals surface area contributed by atoms with Crippen LogP contribution in [0.4, 0.5) is 14.5 Å². The molecule has 0 atom stereocenters. The third-order valence-corrected chi connectivity index (χ3v) is 3.48. The highest BCUT2D eigenvalue weighted by atomic mass is 32.2. The molecule has 0 aliphatic carbocycles. The largest absolute Gasteiger partial charge is 0.506 e. The van der Waals surface area contributed by atoms with Crippen LogP contribution in [0.2, 0.25) is 0 Å². The van der Waals surface area contributed by atoms with Crippen molar-refractivity contribution in [2.45, 2.75) is 5.03 Å². The molecule has 1 aromatic carbocycles. The van der Waals surface area contributed by atoms with Crippen LogP contribution in [0.25, 0.3) is 0 Å². The average molecular weight is 286 g/mol. The van der Waals surface area contributed by atoms with Crippen LogP contribution in [0.15, 0.2) is 41.6 Å². The number of aromatic hydroxyl groups is 1. The topological polar surface area (TPSA) is 79.3 Å². The standard InChI is InChI=1S/C11H8F2N2O3S/c12-7-3-4-10(16)9(6-7)15-19(17,18)11-8(13)2-1-5-14-11/h1-6,15-16H. The Labute approximate surface area is 107 Å². The van der Waals surface area contributed by atoms with Crippen LogP contribution < -0.4 is 4.72 Å². The number of anilines is 1. The molecule has 0 bridgehead atoms.